The number of rotatable bonds is 2. The minimum atomic E-state index is -0.597. The van der Waals surface area contributed by atoms with Crippen molar-refractivity contribution in [3.8, 4) is 0 Å². The van der Waals surface area contributed by atoms with Crippen molar-refractivity contribution in [1.82, 2.24) is 9.97 Å². The van der Waals surface area contributed by atoms with Gasteiger partial charge in [-0.15, -0.1) is 0 Å². The number of aromatic nitrogens is 2. The van der Waals surface area contributed by atoms with Crippen molar-refractivity contribution in [2.45, 2.75) is 19.4 Å². The van der Waals surface area contributed by atoms with Crippen molar-refractivity contribution in [3.63, 3.8) is 0 Å². The summed E-state index contributed by atoms with van der Waals surface area (Å²) in [5.74, 6) is 0. The van der Waals surface area contributed by atoms with Crippen LogP contribution in [-0.2, 0) is 0 Å². The van der Waals surface area contributed by atoms with Crippen molar-refractivity contribution in [3.05, 3.63) is 33.2 Å². The molecular formula is C10H11ClN2O2. The van der Waals surface area contributed by atoms with Crippen LogP contribution in [-0.4, -0.2) is 15.1 Å². The van der Waals surface area contributed by atoms with E-state index >= 15 is 0 Å². The molecule has 0 fully saturated rings. The van der Waals surface area contributed by atoms with Crippen LogP contribution in [0.5, 0.6) is 0 Å². The molecule has 0 saturated carbocycles. The van der Waals surface area contributed by atoms with E-state index in [9.17, 15) is 9.90 Å². The van der Waals surface area contributed by atoms with Crippen molar-refractivity contribution < 1.29 is 5.11 Å². The molecular weight excluding hydrogens is 216 g/mol. The molecule has 3 N–H and O–H groups in total. The lowest BCUT2D eigenvalue weighted by atomic mass is 10.1. The van der Waals surface area contributed by atoms with E-state index in [0.29, 0.717) is 28.0 Å². The summed E-state index contributed by atoms with van der Waals surface area (Å²) >= 11 is 5.99. The molecule has 1 heterocycles. The van der Waals surface area contributed by atoms with Crippen LogP contribution in [0, 0.1) is 0 Å². The maximum Gasteiger partial charge on any atom is 0.323 e. The number of aromatic amines is 2. The Morgan fingerprint density at radius 2 is 2.00 bits per heavy atom. The average molecular weight is 227 g/mol. The van der Waals surface area contributed by atoms with Crippen LogP contribution >= 0.6 is 11.6 Å². The molecule has 2 rings (SSSR count). The van der Waals surface area contributed by atoms with Crippen molar-refractivity contribution in [2.24, 2.45) is 0 Å². The lowest BCUT2D eigenvalue weighted by Crippen LogP contribution is -1.99. The third-order valence-corrected chi connectivity index (χ3v) is 2.71. The van der Waals surface area contributed by atoms with Crippen LogP contribution in [0.15, 0.2) is 16.9 Å². The minimum absolute atomic E-state index is 0.274. The van der Waals surface area contributed by atoms with Crippen LogP contribution in [0.1, 0.15) is 25.0 Å². The molecule has 0 aliphatic carbocycles. The highest BCUT2D eigenvalue weighted by Gasteiger charge is 2.11. The quantitative estimate of drug-likeness (QED) is 0.733. The molecule has 0 saturated heterocycles. The minimum Gasteiger partial charge on any atom is -0.388 e. The van der Waals surface area contributed by atoms with Crippen molar-refractivity contribution in [2.75, 3.05) is 0 Å². The van der Waals surface area contributed by atoms with Crippen LogP contribution < -0.4 is 5.69 Å². The number of benzene rings is 1. The van der Waals surface area contributed by atoms with Crippen LogP contribution in [0.2, 0.25) is 5.02 Å². The molecule has 0 aliphatic heterocycles. The van der Waals surface area contributed by atoms with Crippen LogP contribution in [0.4, 0.5) is 0 Å². The van der Waals surface area contributed by atoms with Gasteiger partial charge in [-0.25, -0.2) is 4.79 Å². The summed E-state index contributed by atoms with van der Waals surface area (Å²) < 4.78 is 0. The number of H-pyrrole nitrogens is 2. The molecule has 80 valence electrons. The molecule has 15 heavy (non-hydrogen) atoms. The lowest BCUT2D eigenvalue weighted by molar-refractivity contribution is 0.174. The molecule has 1 aromatic carbocycles. The predicted molar refractivity (Wildman–Crippen MR) is 59.2 cm³/mol. The predicted octanol–water partition coefficient (Wildman–Crippen LogP) is 1.95. The highest BCUT2D eigenvalue weighted by atomic mass is 35.5. The maximum atomic E-state index is 11.0. The van der Waals surface area contributed by atoms with Crippen molar-refractivity contribution in [1.29, 1.82) is 0 Å². The molecule has 0 aliphatic rings. The summed E-state index contributed by atoms with van der Waals surface area (Å²) in [6, 6.07) is 3.34. The Kier molecular flexibility index (Phi) is 2.54. The number of nitrogens with one attached hydrogen (secondary N) is 2. The Morgan fingerprint density at radius 3 is 2.60 bits per heavy atom. The Labute approximate surface area is 90.9 Å². The molecule has 0 amide bonds. The first-order valence-corrected chi connectivity index (χ1v) is 5.09. The van der Waals surface area contributed by atoms with Gasteiger partial charge >= 0.3 is 5.69 Å². The van der Waals surface area contributed by atoms with E-state index in [4.69, 9.17) is 11.6 Å². The summed E-state index contributed by atoms with van der Waals surface area (Å²) in [6.07, 6.45) is -0.0137. The molecule has 2 aromatic rings. The number of aliphatic hydroxyl groups excluding tert-OH is 1. The van der Waals surface area contributed by atoms with Crippen LogP contribution in [0.3, 0.4) is 0 Å². The second kappa shape index (κ2) is 3.72. The van der Waals surface area contributed by atoms with Crippen LogP contribution in [0.25, 0.3) is 11.0 Å². The second-order valence-electron chi connectivity index (χ2n) is 3.42. The number of halogens is 1. The van der Waals surface area contributed by atoms with E-state index in [2.05, 4.69) is 9.97 Å². The molecule has 0 radical (unpaired) electrons. The fourth-order valence-corrected chi connectivity index (χ4v) is 1.84. The topological polar surface area (TPSA) is 68.9 Å². The van der Waals surface area contributed by atoms with E-state index in [0.717, 1.165) is 0 Å². The largest absolute Gasteiger partial charge is 0.388 e. The van der Waals surface area contributed by atoms with E-state index in [1.165, 1.54) is 0 Å². The Bertz CT molecular complexity index is 544. The fraction of sp³-hybridized carbons (Fsp3) is 0.300. The summed E-state index contributed by atoms with van der Waals surface area (Å²) in [7, 11) is 0. The smallest absolute Gasteiger partial charge is 0.323 e. The second-order valence-corrected chi connectivity index (χ2v) is 3.83. The van der Waals surface area contributed by atoms with Gasteiger partial charge in [-0.2, -0.15) is 0 Å². The first kappa shape index (κ1) is 10.3. The van der Waals surface area contributed by atoms with E-state index in [1.54, 1.807) is 12.1 Å². The van der Waals surface area contributed by atoms with Gasteiger partial charge in [0.2, 0.25) is 0 Å². The van der Waals surface area contributed by atoms with Gasteiger partial charge in [-0.3, -0.25) is 0 Å². The molecule has 5 heteroatoms. The highest BCUT2D eigenvalue weighted by Crippen LogP contribution is 2.28. The average Bonchev–Trinajstić information content (AvgIpc) is 2.55. The van der Waals surface area contributed by atoms with Gasteiger partial charge in [0, 0.05) is 10.6 Å². The number of hydrogen-bond donors (Lipinski definition) is 3. The zero-order valence-corrected chi connectivity index (χ0v) is 8.93. The number of hydrogen-bond acceptors (Lipinski definition) is 2. The van der Waals surface area contributed by atoms with Gasteiger partial charge in [0.25, 0.3) is 0 Å². The molecule has 4 nitrogen and oxygen atoms in total. The summed E-state index contributed by atoms with van der Waals surface area (Å²) in [4.78, 5) is 16.3. The zero-order chi connectivity index (χ0) is 11.0. The molecule has 0 bridgehead atoms. The zero-order valence-electron chi connectivity index (χ0n) is 8.17. The third-order valence-electron chi connectivity index (χ3n) is 2.38. The van der Waals surface area contributed by atoms with Gasteiger partial charge in [0.05, 0.1) is 17.1 Å². The SMILES string of the molecule is CCC(O)c1cc2[nH]c(=O)[nH]c2cc1Cl. The number of imidazole rings is 1. The van der Waals surface area contributed by atoms with Gasteiger partial charge in [-0.1, -0.05) is 18.5 Å². The van der Waals surface area contributed by atoms with E-state index in [1.807, 2.05) is 6.92 Å². The lowest BCUT2D eigenvalue weighted by Gasteiger charge is -2.09. The Morgan fingerprint density at radius 1 is 1.40 bits per heavy atom. The molecule has 1 unspecified atom stereocenters. The first-order valence-electron chi connectivity index (χ1n) is 4.71. The van der Waals surface area contributed by atoms with Gasteiger partial charge < -0.3 is 15.1 Å². The van der Waals surface area contributed by atoms with Crippen molar-refractivity contribution >= 4 is 22.6 Å². The van der Waals surface area contributed by atoms with Gasteiger partial charge in [0.1, 0.15) is 0 Å². The van der Waals surface area contributed by atoms with Gasteiger partial charge in [0.15, 0.2) is 0 Å². The Hall–Kier alpha value is -1.26. The third kappa shape index (κ3) is 1.78. The van der Waals surface area contributed by atoms with Gasteiger partial charge in [-0.05, 0) is 18.6 Å². The number of aliphatic hydroxyl groups is 1. The molecule has 1 aromatic heterocycles. The number of fused-ring (bicyclic) bond motifs is 1. The monoisotopic (exact) mass is 226 g/mol. The molecule has 1 atom stereocenters. The summed E-state index contributed by atoms with van der Waals surface area (Å²) in [5.41, 5.74) is 1.68. The normalized spacial score (nSPS) is 13.3. The fourth-order valence-electron chi connectivity index (χ4n) is 1.55. The van der Waals surface area contributed by atoms with E-state index in [-0.39, 0.29) is 5.69 Å². The highest BCUT2D eigenvalue weighted by molar-refractivity contribution is 6.32. The molecule has 0 spiro atoms. The first-order chi connectivity index (χ1) is 7.11. The summed E-state index contributed by atoms with van der Waals surface area (Å²) in [6.45, 7) is 1.87. The standard InChI is InChI=1S/C10H11ClN2O2/c1-2-9(14)5-3-7-8(4-6(5)11)13-10(15)12-7/h3-4,9,14H,2H2,1H3,(H2,12,13,15). The summed E-state index contributed by atoms with van der Waals surface area (Å²) in [5, 5.41) is 10.2. The Balaban J connectivity index is 2.66. The maximum absolute atomic E-state index is 11.0. The van der Waals surface area contributed by atoms with E-state index < -0.39 is 6.10 Å².